The van der Waals surface area contributed by atoms with Crippen LogP contribution in [0, 0.1) is 0 Å². The minimum atomic E-state index is -0.188. The molecule has 22 heavy (non-hydrogen) atoms. The highest BCUT2D eigenvalue weighted by atomic mass is 16.3. The molecule has 4 rings (SSSR count). The lowest BCUT2D eigenvalue weighted by Crippen LogP contribution is -2.29. The van der Waals surface area contributed by atoms with Gasteiger partial charge in [-0.3, -0.25) is 4.90 Å². The van der Waals surface area contributed by atoms with E-state index in [9.17, 15) is 5.11 Å². The van der Waals surface area contributed by atoms with Gasteiger partial charge in [0.05, 0.1) is 17.6 Å². The first-order valence-corrected chi connectivity index (χ1v) is 6.75. The van der Waals surface area contributed by atoms with Gasteiger partial charge in [-0.15, -0.1) is 0 Å². The summed E-state index contributed by atoms with van der Waals surface area (Å²) in [5, 5.41) is 9.80. The number of hydrogen-bond acceptors (Lipinski definition) is 7. The summed E-state index contributed by atoms with van der Waals surface area (Å²) in [6.45, 7) is -0.188. The lowest BCUT2D eigenvalue weighted by molar-refractivity contribution is 0.303. The number of aromatic nitrogens is 3. The highest BCUT2D eigenvalue weighted by Gasteiger charge is 2.28. The molecule has 0 saturated heterocycles. The predicted molar refractivity (Wildman–Crippen MR) is 81.3 cm³/mol. The average molecular weight is 295 g/mol. The molecule has 0 saturated carbocycles. The van der Waals surface area contributed by atoms with Crippen LogP contribution in [0.2, 0.25) is 0 Å². The lowest BCUT2D eigenvalue weighted by atomic mass is 10.1. The summed E-state index contributed by atoms with van der Waals surface area (Å²) in [5.41, 5.74) is 2.66. The molecule has 3 heterocycles. The molecule has 7 heteroatoms. The van der Waals surface area contributed by atoms with Crippen molar-refractivity contribution in [2.24, 2.45) is 0 Å². The van der Waals surface area contributed by atoms with Crippen molar-refractivity contribution in [3.8, 4) is 11.3 Å². The molecule has 1 aromatic carbocycles. The van der Waals surface area contributed by atoms with Crippen LogP contribution in [-0.4, -0.2) is 33.8 Å². The van der Waals surface area contributed by atoms with Crippen molar-refractivity contribution in [1.82, 2.24) is 15.0 Å². The third-order valence-corrected chi connectivity index (χ3v) is 3.72. The molecule has 0 bridgehead atoms. The fourth-order valence-corrected chi connectivity index (χ4v) is 2.66. The van der Waals surface area contributed by atoms with E-state index in [0.29, 0.717) is 17.4 Å². The van der Waals surface area contributed by atoms with Crippen LogP contribution < -0.4 is 9.80 Å². The van der Waals surface area contributed by atoms with Crippen molar-refractivity contribution in [2.75, 3.05) is 23.6 Å². The Morgan fingerprint density at radius 3 is 2.68 bits per heavy atom. The van der Waals surface area contributed by atoms with Gasteiger partial charge in [0.2, 0.25) is 0 Å². The lowest BCUT2D eigenvalue weighted by Gasteiger charge is -2.35. The Balaban J connectivity index is 1.90. The number of benzene rings is 1. The smallest absolute Gasteiger partial charge is 0.181 e. The van der Waals surface area contributed by atoms with Crippen LogP contribution in [0.25, 0.3) is 11.3 Å². The second-order valence-electron chi connectivity index (χ2n) is 4.90. The van der Waals surface area contributed by atoms with E-state index in [-0.39, 0.29) is 6.73 Å². The maximum absolute atomic E-state index is 9.80. The fourth-order valence-electron chi connectivity index (χ4n) is 2.66. The van der Waals surface area contributed by atoms with Crippen molar-refractivity contribution >= 4 is 23.0 Å². The summed E-state index contributed by atoms with van der Waals surface area (Å²) in [4.78, 5) is 16.3. The van der Waals surface area contributed by atoms with Crippen LogP contribution in [0.15, 0.2) is 47.6 Å². The first-order chi connectivity index (χ1) is 10.8. The van der Waals surface area contributed by atoms with Crippen LogP contribution >= 0.6 is 0 Å². The van der Waals surface area contributed by atoms with E-state index in [1.54, 1.807) is 23.5 Å². The van der Waals surface area contributed by atoms with E-state index in [1.807, 2.05) is 30.1 Å². The van der Waals surface area contributed by atoms with E-state index < -0.39 is 0 Å². The maximum atomic E-state index is 9.80. The molecule has 0 amide bonds. The van der Waals surface area contributed by atoms with Crippen molar-refractivity contribution < 1.29 is 9.52 Å². The molecule has 2 aromatic heterocycles. The SMILES string of the molecule is CN1c2ccc(-c3cnco3)cc2N(CO)c2nccnc21. The van der Waals surface area contributed by atoms with E-state index in [2.05, 4.69) is 15.0 Å². The largest absolute Gasteiger partial charge is 0.444 e. The average Bonchev–Trinajstić information content (AvgIpc) is 3.09. The molecule has 1 aliphatic rings. The van der Waals surface area contributed by atoms with Gasteiger partial charge in [0, 0.05) is 25.0 Å². The Bertz CT molecular complexity index is 819. The van der Waals surface area contributed by atoms with Crippen molar-refractivity contribution in [2.45, 2.75) is 0 Å². The van der Waals surface area contributed by atoms with Gasteiger partial charge in [-0.05, 0) is 18.2 Å². The molecule has 0 fully saturated rings. The molecule has 7 nitrogen and oxygen atoms in total. The van der Waals surface area contributed by atoms with Gasteiger partial charge in [0.1, 0.15) is 6.73 Å². The van der Waals surface area contributed by atoms with Gasteiger partial charge in [-0.25, -0.2) is 15.0 Å². The second-order valence-corrected chi connectivity index (χ2v) is 4.90. The van der Waals surface area contributed by atoms with Gasteiger partial charge >= 0.3 is 0 Å². The van der Waals surface area contributed by atoms with Crippen LogP contribution in [0.1, 0.15) is 0 Å². The van der Waals surface area contributed by atoms with E-state index >= 15 is 0 Å². The summed E-state index contributed by atoms with van der Waals surface area (Å²) in [7, 11) is 1.93. The number of anilines is 4. The Morgan fingerprint density at radius 2 is 1.95 bits per heavy atom. The number of aliphatic hydroxyl groups is 1. The van der Waals surface area contributed by atoms with Gasteiger partial charge in [-0.2, -0.15) is 0 Å². The predicted octanol–water partition coefficient (Wildman–Crippen LogP) is 2.30. The van der Waals surface area contributed by atoms with Crippen LogP contribution in [-0.2, 0) is 0 Å². The van der Waals surface area contributed by atoms with E-state index in [0.717, 1.165) is 16.9 Å². The summed E-state index contributed by atoms with van der Waals surface area (Å²) in [6.07, 6.45) is 6.30. The monoisotopic (exact) mass is 295 g/mol. The molecular formula is C15H13N5O2. The Kier molecular flexibility index (Phi) is 2.80. The highest BCUT2D eigenvalue weighted by Crippen LogP contribution is 2.45. The van der Waals surface area contributed by atoms with E-state index in [4.69, 9.17) is 4.42 Å². The van der Waals surface area contributed by atoms with Crippen molar-refractivity contribution in [3.63, 3.8) is 0 Å². The molecule has 0 radical (unpaired) electrons. The van der Waals surface area contributed by atoms with Crippen LogP contribution in [0.4, 0.5) is 23.0 Å². The normalized spacial score (nSPS) is 13.0. The number of aliphatic hydroxyl groups excluding tert-OH is 1. The molecule has 0 unspecified atom stereocenters. The second kappa shape index (κ2) is 4.81. The molecule has 3 aromatic rings. The summed E-state index contributed by atoms with van der Waals surface area (Å²) in [5.74, 6) is 2.00. The van der Waals surface area contributed by atoms with Crippen LogP contribution in [0.5, 0.6) is 0 Å². The quantitative estimate of drug-likeness (QED) is 0.777. The summed E-state index contributed by atoms with van der Waals surface area (Å²) < 4.78 is 5.34. The number of oxazole rings is 1. The fraction of sp³-hybridized carbons (Fsp3) is 0.133. The van der Waals surface area contributed by atoms with Gasteiger partial charge in [0.15, 0.2) is 23.8 Å². The summed E-state index contributed by atoms with van der Waals surface area (Å²) >= 11 is 0. The van der Waals surface area contributed by atoms with Gasteiger partial charge < -0.3 is 14.4 Å². The Hall–Kier alpha value is -2.93. The highest BCUT2D eigenvalue weighted by molar-refractivity contribution is 5.91. The zero-order chi connectivity index (χ0) is 15.1. The number of rotatable bonds is 2. The molecule has 1 aliphatic heterocycles. The molecule has 1 N–H and O–H groups in total. The van der Waals surface area contributed by atoms with Crippen molar-refractivity contribution in [3.05, 3.63) is 43.2 Å². The molecule has 0 spiro atoms. The molecule has 110 valence electrons. The first kappa shape index (κ1) is 12.8. The van der Waals surface area contributed by atoms with Gasteiger partial charge in [-0.1, -0.05) is 0 Å². The molecule has 0 atom stereocenters. The first-order valence-electron chi connectivity index (χ1n) is 6.75. The van der Waals surface area contributed by atoms with Crippen molar-refractivity contribution in [1.29, 1.82) is 0 Å². The van der Waals surface area contributed by atoms with E-state index in [1.165, 1.54) is 6.39 Å². The van der Waals surface area contributed by atoms with Gasteiger partial charge in [0.25, 0.3) is 0 Å². The minimum absolute atomic E-state index is 0.188. The van der Waals surface area contributed by atoms with Crippen LogP contribution in [0.3, 0.4) is 0 Å². The number of fused-ring (bicyclic) bond motifs is 2. The third-order valence-electron chi connectivity index (χ3n) is 3.72. The zero-order valence-electron chi connectivity index (χ0n) is 11.8. The zero-order valence-corrected chi connectivity index (χ0v) is 11.8. The Labute approximate surface area is 126 Å². The maximum Gasteiger partial charge on any atom is 0.181 e. The Morgan fingerprint density at radius 1 is 1.14 bits per heavy atom. The molecule has 0 aliphatic carbocycles. The minimum Gasteiger partial charge on any atom is -0.444 e. The standard InChI is InChI=1S/C15H13N5O2/c1-19-11-3-2-10(13-7-16-8-22-13)6-12(11)20(9-21)15-14(19)17-4-5-18-15/h2-8,21H,9H2,1H3. The third kappa shape index (κ3) is 1.76. The summed E-state index contributed by atoms with van der Waals surface area (Å²) in [6, 6.07) is 5.86. The topological polar surface area (TPSA) is 78.5 Å². The number of nitrogens with zero attached hydrogens (tertiary/aromatic N) is 5. The number of hydrogen-bond donors (Lipinski definition) is 1. The molecular weight excluding hydrogens is 282 g/mol.